The van der Waals surface area contributed by atoms with Crippen molar-refractivity contribution in [2.45, 2.75) is 19.2 Å². The fraction of sp³-hybridized carbons (Fsp3) is 0.400. The first-order chi connectivity index (χ1) is 7.30. The number of benzene rings is 1. The highest BCUT2D eigenvalue weighted by atomic mass is 79.9. The van der Waals surface area contributed by atoms with Gasteiger partial charge in [0.15, 0.2) is 0 Å². The normalized spacial score (nSPS) is 13.6. The minimum absolute atomic E-state index is 0.0376. The van der Waals surface area contributed by atoms with Gasteiger partial charge in [-0.3, -0.25) is 0 Å². The zero-order valence-electron chi connectivity index (χ0n) is 8.38. The summed E-state index contributed by atoms with van der Waals surface area (Å²) in [6, 6.07) is 3.56. The van der Waals surface area contributed by atoms with Gasteiger partial charge in [0.2, 0.25) is 0 Å². The van der Waals surface area contributed by atoms with Crippen molar-refractivity contribution in [2.24, 2.45) is 0 Å². The summed E-state index contributed by atoms with van der Waals surface area (Å²) >= 11 is 2.82. The van der Waals surface area contributed by atoms with E-state index >= 15 is 0 Å². The molecule has 0 radical (unpaired) electrons. The Morgan fingerprint density at radius 2 is 2.06 bits per heavy atom. The van der Waals surface area contributed by atoms with Crippen molar-refractivity contribution < 1.29 is 23.0 Å². The van der Waals surface area contributed by atoms with Crippen LogP contribution in [0.5, 0.6) is 5.75 Å². The van der Waals surface area contributed by atoms with Crippen LogP contribution in [0.15, 0.2) is 22.7 Å². The summed E-state index contributed by atoms with van der Waals surface area (Å²) < 4.78 is 42.4. The Bertz CT molecular complexity index is 364. The standard InChI is InChI=1S/C10H10BrF3O2/c1-6(15)5-16-7-2-3-9(11)8(4-7)10(12,13)14/h2-4,6,15H,5H2,1H3. The molecule has 0 aliphatic carbocycles. The van der Waals surface area contributed by atoms with Crippen LogP contribution in [0.4, 0.5) is 13.2 Å². The van der Waals surface area contributed by atoms with Gasteiger partial charge in [-0.1, -0.05) is 15.9 Å². The molecule has 1 rings (SSSR count). The molecule has 0 amide bonds. The van der Waals surface area contributed by atoms with Crippen LogP contribution in [0.1, 0.15) is 12.5 Å². The molecule has 0 aromatic heterocycles. The van der Waals surface area contributed by atoms with E-state index in [9.17, 15) is 13.2 Å². The summed E-state index contributed by atoms with van der Waals surface area (Å²) in [7, 11) is 0. The van der Waals surface area contributed by atoms with Gasteiger partial charge >= 0.3 is 6.18 Å². The molecule has 6 heteroatoms. The summed E-state index contributed by atoms with van der Waals surface area (Å²) in [5.41, 5.74) is -0.796. The Balaban J connectivity index is 2.90. The summed E-state index contributed by atoms with van der Waals surface area (Å²) in [6.45, 7) is 1.45. The molecule has 1 N–H and O–H groups in total. The Morgan fingerprint density at radius 3 is 2.56 bits per heavy atom. The molecule has 0 aliphatic heterocycles. The molecule has 0 spiro atoms. The third kappa shape index (κ3) is 3.68. The quantitative estimate of drug-likeness (QED) is 0.928. The lowest BCUT2D eigenvalue weighted by Gasteiger charge is -2.12. The maximum atomic E-state index is 12.5. The van der Waals surface area contributed by atoms with Crippen molar-refractivity contribution in [1.82, 2.24) is 0 Å². The Hall–Kier alpha value is -0.750. The zero-order chi connectivity index (χ0) is 12.3. The van der Waals surface area contributed by atoms with Crippen LogP contribution in [-0.4, -0.2) is 17.8 Å². The number of alkyl halides is 3. The lowest BCUT2D eigenvalue weighted by atomic mass is 10.2. The van der Waals surface area contributed by atoms with Crippen LogP contribution >= 0.6 is 15.9 Å². The largest absolute Gasteiger partial charge is 0.491 e. The maximum absolute atomic E-state index is 12.5. The number of rotatable bonds is 3. The zero-order valence-corrected chi connectivity index (χ0v) is 9.97. The van der Waals surface area contributed by atoms with Crippen molar-refractivity contribution in [1.29, 1.82) is 0 Å². The number of halogens is 4. The van der Waals surface area contributed by atoms with E-state index < -0.39 is 17.8 Å². The van der Waals surface area contributed by atoms with Crippen molar-refractivity contribution in [3.05, 3.63) is 28.2 Å². The van der Waals surface area contributed by atoms with E-state index in [0.717, 1.165) is 6.07 Å². The second-order valence-electron chi connectivity index (χ2n) is 3.30. The maximum Gasteiger partial charge on any atom is 0.417 e. The summed E-state index contributed by atoms with van der Waals surface area (Å²) in [4.78, 5) is 0. The molecule has 0 fully saturated rings. The third-order valence-corrected chi connectivity index (χ3v) is 2.43. The average molecular weight is 299 g/mol. The molecule has 0 saturated carbocycles. The molecule has 1 atom stereocenters. The molecule has 1 unspecified atom stereocenters. The van der Waals surface area contributed by atoms with E-state index in [0.29, 0.717) is 0 Å². The van der Waals surface area contributed by atoms with E-state index in [1.165, 1.54) is 19.1 Å². The predicted molar refractivity (Wildman–Crippen MR) is 56.3 cm³/mol. The van der Waals surface area contributed by atoms with E-state index in [-0.39, 0.29) is 16.8 Å². The Morgan fingerprint density at radius 1 is 1.44 bits per heavy atom. The second-order valence-corrected chi connectivity index (χ2v) is 4.15. The smallest absolute Gasteiger partial charge is 0.417 e. The highest BCUT2D eigenvalue weighted by molar-refractivity contribution is 9.10. The molecule has 0 saturated heterocycles. The number of aliphatic hydroxyl groups excluding tert-OH is 1. The first-order valence-corrected chi connectivity index (χ1v) is 5.27. The van der Waals surface area contributed by atoms with Gasteiger partial charge in [-0.2, -0.15) is 13.2 Å². The Kier molecular flexibility index (Phi) is 4.21. The number of aliphatic hydroxyl groups is 1. The van der Waals surface area contributed by atoms with Crippen molar-refractivity contribution >= 4 is 15.9 Å². The van der Waals surface area contributed by atoms with Crippen LogP contribution in [-0.2, 0) is 6.18 Å². The van der Waals surface area contributed by atoms with Gasteiger partial charge < -0.3 is 9.84 Å². The molecular formula is C10H10BrF3O2. The molecule has 0 bridgehead atoms. The molecule has 90 valence electrons. The fourth-order valence-electron chi connectivity index (χ4n) is 1.03. The van der Waals surface area contributed by atoms with Gasteiger partial charge in [0.1, 0.15) is 12.4 Å². The first-order valence-electron chi connectivity index (χ1n) is 4.48. The molecule has 0 heterocycles. The minimum atomic E-state index is -4.43. The van der Waals surface area contributed by atoms with Gasteiger partial charge in [0.25, 0.3) is 0 Å². The van der Waals surface area contributed by atoms with E-state index in [1.807, 2.05) is 0 Å². The SMILES string of the molecule is CC(O)COc1ccc(Br)c(C(F)(F)F)c1. The van der Waals surface area contributed by atoms with Gasteiger partial charge in [-0.25, -0.2) is 0 Å². The highest BCUT2D eigenvalue weighted by Gasteiger charge is 2.33. The summed E-state index contributed by atoms with van der Waals surface area (Å²) in [6.07, 6.45) is -5.15. The summed E-state index contributed by atoms with van der Waals surface area (Å²) in [5, 5.41) is 8.94. The number of ether oxygens (including phenoxy) is 1. The topological polar surface area (TPSA) is 29.5 Å². The molecule has 1 aromatic carbocycles. The minimum Gasteiger partial charge on any atom is -0.491 e. The van der Waals surface area contributed by atoms with Gasteiger partial charge in [0, 0.05) is 4.47 Å². The monoisotopic (exact) mass is 298 g/mol. The molecule has 1 aromatic rings. The lowest BCUT2D eigenvalue weighted by molar-refractivity contribution is -0.138. The average Bonchev–Trinajstić information content (AvgIpc) is 2.14. The molecule has 0 aliphatic rings. The van der Waals surface area contributed by atoms with E-state index in [1.54, 1.807) is 0 Å². The lowest BCUT2D eigenvalue weighted by Crippen LogP contribution is -2.13. The van der Waals surface area contributed by atoms with Gasteiger partial charge in [-0.05, 0) is 25.1 Å². The van der Waals surface area contributed by atoms with Crippen LogP contribution in [0.2, 0.25) is 0 Å². The fourth-order valence-corrected chi connectivity index (χ4v) is 1.50. The third-order valence-electron chi connectivity index (χ3n) is 1.73. The van der Waals surface area contributed by atoms with Crippen LogP contribution in [0.3, 0.4) is 0 Å². The van der Waals surface area contributed by atoms with Gasteiger partial charge in [0.05, 0.1) is 11.7 Å². The summed E-state index contributed by atoms with van der Waals surface area (Å²) in [5.74, 6) is 0.0800. The second kappa shape index (κ2) is 5.05. The van der Waals surface area contributed by atoms with Gasteiger partial charge in [-0.15, -0.1) is 0 Å². The van der Waals surface area contributed by atoms with Crippen LogP contribution in [0, 0.1) is 0 Å². The van der Waals surface area contributed by atoms with E-state index in [4.69, 9.17) is 9.84 Å². The number of hydrogen-bond acceptors (Lipinski definition) is 2. The molecule has 16 heavy (non-hydrogen) atoms. The molecular weight excluding hydrogens is 289 g/mol. The molecule has 2 nitrogen and oxygen atoms in total. The van der Waals surface area contributed by atoms with E-state index in [2.05, 4.69) is 15.9 Å². The van der Waals surface area contributed by atoms with Crippen molar-refractivity contribution in [3.63, 3.8) is 0 Å². The van der Waals surface area contributed by atoms with Crippen LogP contribution in [0.25, 0.3) is 0 Å². The number of hydrogen-bond donors (Lipinski definition) is 1. The van der Waals surface area contributed by atoms with Crippen molar-refractivity contribution in [2.75, 3.05) is 6.61 Å². The van der Waals surface area contributed by atoms with Crippen molar-refractivity contribution in [3.8, 4) is 5.75 Å². The first kappa shape index (κ1) is 13.3. The highest BCUT2D eigenvalue weighted by Crippen LogP contribution is 2.36. The van der Waals surface area contributed by atoms with Crippen LogP contribution < -0.4 is 4.74 Å². The Labute approximate surface area is 99.2 Å². The predicted octanol–water partition coefficient (Wildman–Crippen LogP) is 3.23.